The lowest BCUT2D eigenvalue weighted by Gasteiger charge is -2.16. The number of thiazole rings is 2. The van der Waals surface area contributed by atoms with Crippen LogP contribution < -0.4 is 16.0 Å². The standard InChI is InChI=1S/C23H24N4O3S5/c1-5-25-12-15(20-24(4)13-10-8-9-11-14(13)32-20)35(30)22(25)17-19(29)26(6-2)21(33-17)16-18(28)27(7-3)23(31)34-16/h8-12,31H,5-7H2,1-4H3. The molecule has 35 heavy (non-hydrogen) atoms. The van der Waals surface area contributed by atoms with E-state index >= 15 is 0 Å². The molecule has 1 unspecified atom stereocenters. The molecule has 1 aromatic carbocycles. The minimum Gasteiger partial charge on any atom is -0.417 e. The molecule has 0 bridgehead atoms. The number of benzene rings is 1. The summed E-state index contributed by atoms with van der Waals surface area (Å²) in [6, 6.07) is 8.07. The Morgan fingerprint density at radius 3 is 2.43 bits per heavy atom. The van der Waals surface area contributed by atoms with Gasteiger partial charge in [-0.2, -0.15) is 12.6 Å². The quantitative estimate of drug-likeness (QED) is 0.217. The predicted octanol–water partition coefficient (Wildman–Crippen LogP) is 4.24. The third-order valence-corrected chi connectivity index (χ3v) is 11.8. The molecular weight excluding hydrogens is 541 g/mol. The summed E-state index contributed by atoms with van der Waals surface area (Å²) in [5.41, 5.74) is 0.695. The van der Waals surface area contributed by atoms with E-state index < -0.39 is 10.8 Å². The van der Waals surface area contributed by atoms with Crippen molar-refractivity contribution in [1.29, 1.82) is 0 Å². The van der Waals surface area contributed by atoms with Crippen molar-refractivity contribution in [1.82, 2.24) is 9.13 Å². The lowest BCUT2D eigenvalue weighted by molar-refractivity contribution is -0.479. The Labute approximate surface area is 223 Å². The van der Waals surface area contributed by atoms with E-state index in [4.69, 9.17) is 0 Å². The van der Waals surface area contributed by atoms with E-state index in [0.29, 0.717) is 49.0 Å². The zero-order valence-corrected chi connectivity index (χ0v) is 23.8. The largest absolute Gasteiger partial charge is 0.417 e. The first-order valence-electron chi connectivity index (χ1n) is 11.1. The number of hydrogen-bond donors (Lipinski definition) is 1. The number of fused-ring (bicyclic) bond motifs is 1. The molecule has 184 valence electrons. The summed E-state index contributed by atoms with van der Waals surface area (Å²) < 4.78 is 19.6. The molecule has 0 saturated carbocycles. The first-order valence-corrected chi connectivity index (χ1v) is 15.2. The highest BCUT2D eigenvalue weighted by atomic mass is 32.2. The maximum absolute atomic E-state index is 13.9. The molecule has 0 radical (unpaired) electrons. The van der Waals surface area contributed by atoms with E-state index in [-0.39, 0.29) is 11.1 Å². The molecule has 0 spiro atoms. The number of para-hydroxylation sites is 1. The minimum atomic E-state index is -1.54. The Morgan fingerprint density at radius 1 is 1.09 bits per heavy atom. The molecule has 0 saturated heterocycles. The molecule has 4 heterocycles. The zero-order chi connectivity index (χ0) is 25.0. The van der Waals surface area contributed by atoms with Crippen molar-refractivity contribution in [3.8, 4) is 9.88 Å². The molecule has 3 aromatic rings. The van der Waals surface area contributed by atoms with Gasteiger partial charge in [0.2, 0.25) is 5.56 Å². The maximum atomic E-state index is 13.9. The summed E-state index contributed by atoms with van der Waals surface area (Å²) in [4.78, 5) is 31.3. The van der Waals surface area contributed by atoms with Gasteiger partial charge in [0.1, 0.15) is 26.9 Å². The van der Waals surface area contributed by atoms with Gasteiger partial charge in [-0.05, 0) is 39.4 Å². The van der Waals surface area contributed by atoms with Crippen LogP contribution in [0.5, 0.6) is 0 Å². The Bertz CT molecular complexity index is 1540. The van der Waals surface area contributed by atoms with Crippen molar-refractivity contribution < 1.29 is 8.78 Å². The van der Waals surface area contributed by atoms with Gasteiger partial charge >= 0.3 is 0 Å². The number of thiol groups is 1. The number of nitrogens with zero attached hydrogens (tertiary/aromatic N) is 4. The first kappa shape index (κ1) is 24.7. The Balaban J connectivity index is 1.63. The van der Waals surface area contributed by atoms with Gasteiger partial charge in [-0.3, -0.25) is 9.00 Å². The summed E-state index contributed by atoms with van der Waals surface area (Å²) in [5, 5.41) is 1.97. The van der Waals surface area contributed by atoms with Crippen molar-refractivity contribution in [2.24, 2.45) is 0 Å². The summed E-state index contributed by atoms with van der Waals surface area (Å²) in [7, 11) is 0.429. The average Bonchev–Trinajstić information content (AvgIpc) is 3.55. The molecule has 12 heteroatoms. The molecule has 2 aromatic heterocycles. The number of rotatable bonds is 5. The second-order valence-corrected chi connectivity index (χ2v) is 13.0. The zero-order valence-electron chi connectivity index (χ0n) is 19.6. The highest BCUT2D eigenvalue weighted by Crippen LogP contribution is 2.48. The lowest BCUT2D eigenvalue weighted by Crippen LogP contribution is -2.26. The van der Waals surface area contributed by atoms with Crippen LogP contribution in [0.3, 0.4) is 0 Å². The molecule has 1 atom stereocenters. The van der Waals surface area contributed by atoms with Crippen LogP contribution in [0.4, 0.5) is 5.69 Å². The summed E-state index contributed by atoms with van der Waals surface area (Å²) in [6.07, 6.45) is 1.90. The molecule has 0 fully saturated rings. The van der Waals surface area contributed by atoms with Crippen molar-refractivity contribution in [3.05, 3.63) is 65.2 Å². The van der Waals surface area contributed by atoms with Gasteiger partial charge in [0.15, 0.2) is 9.71 Å². The van der Waals surface area contributed by atoms with Crippen LogP contribution in [0.25, 0.3) is 9.88 Å². The van der Waals surface area contributed by atoms with Gasteiger partial charge < -0.3 is 23.4 Å². The minimum absolute atomic E-state index is 0.154. The molecule has 0 amide bonds. The topological polar surface area (TPSA) is 67.3 Å². The number of allylic oxidation sites excluding steroid dienone is 1. The molecule has 5 rings (SSSR count). The van der Waals surface area contributed by atoms with Crippen LogP contribution in [0.2, 0.25) is 0 Å². The Morgan fingerprint density at radius 2 is 1.80 bits per heavy atom. The van der Waals surface area contributed by atoms with Crippen LogP contribution in [-0.2, 0) is 23.9 Å². The Kier molecular flexibility index (Phi) is 6.68. The van der Waals surface area contributed by atoms with E-state index in [2.05, 4.69) is 23.6 Å². The first-order chi connectivity index (χ1) is 16.8. The van der Waals surface area contributed by atoms with Crippen LogP contribution in [0.1, 0.15) is 25.6 Å². The second-order valence-electron chi connectivity index (χ2n) is 7.84. The summed E-state index contributed by atoms with van der Waals surface area (Å²) in [6.45, 7) is 7.23. The SMILES string of the molecule is CCn1c(S)[s+][c-](-c2[s+][c-]([C-]3[N+](CC)=CC(=C4Sc5ccccc5N4C)S3=O)c(=O)n2CC)c1=O. The van der Waals surface area contributed by atoms with Gasteiger partial charge in [-0.15, -0.1) is 0 Å². The van der Waals surface area contributed by atoms with Crippen LogP contribution in [-0.4, -0.2) is 37.7 Å². The van der Waals surface area contributed by atoms with Crippen molar-refractivity contribution in [3.63, 3.8) is 0 Å². The fraction of sp³-hybridized carbons (Fsp3) is 0.304. The third kappa shape index (κ3) is 3.81. The molecule has 0 N–H and O–H groups in total. The van der Waals surface area contributed by atoms with Gasteiger partial charge in [0.05, 0.1) is 44.0 Å². The summed E-state index contributed by atoms with van der Waals surface area (Å²) in [5.74, 6) is 0. The van der Waals surface area contributed by atoms with E-state index in [0.717, 1.165) is 15.6 Å². The number of thioether (sulfide) groups is 1. The van der Waals surface area contributed by atoms with Crippen molar-refractivity contribution in [2.75, 3.05) is 18.5 Å². The Hall–Kier alpha value is -1.99. The number of anilines is 1. The van der Waals surface area contributed by atoms with E-state index in [9.17, 15) is 13.8 Å². The molecule has 0 aliphatic carbocycles. The fourth-order valence-corrected chi connectivity index (χ4v) is 10.1. The predicted molar refractivity (Wildman–Crippen MR) is 150 cm³/mol. The third-order valence-electron chi connectivity index (χ3n) is 5.97. The van der Waals surface area contributed by atoms with Crippen molar-refractivity contribution in [2.45, 2.75) is 43.1 Å². The van der Waals surface area contributed by atoms with Crippen molar-refractivity contribution >= 4 is 69.8 Å². The lowest BCUT2D eigenvalue weighted by atomic mass is 10.3. The van der Waals surface area contributed by atoms with Gasteiger partial charge in [0, 0.05) is 29.8 Å². The van der Waals surface area contributed by atoms with Gasteiger partial charge in [-0.1, -0.05) is 23.9 Å². The monoisotopic (exact) mass is 564 g/mol. The normalized spacial score (nSPS) is 19.6. The van der Waals surface area contributed by atoms with Gasteiger partial charge in [-0.25, -0.2) is 0 Å². The fourth-order valence-electron chi connectivity index (χ4n) is 4.18. The number of aromatic nitrogens is 2. The van der Waals surface area contributed by atoms with E-state index in [1.807, 2.05) is 56.8 Å². The van der Waals surface area contributed by atoms with Crippen LogP contribution in [0, 0.1) is 5.37 Å². The van der Waals surface area contributed by atoms with E-state index in [1.165, 1.54) is 22.7 Å². The van der Waals surface area contributed by atoms with Crippen LogP contribution >= 0.6 is 47.1 Å². The highest BCUT2D eigenvalue weighted by molar-refractivity contribution is 8.05. The van der Waals surface area contributed by atoms with Gasteiger partial charge in [0.25, 0.3) is 0 Å². The maximum Gasteiger partial charge on any atom is 0.208 e. The van der Waals surface area contributed by atoms with E-state index in [1.54, 1.807) is 20.9 Å². The smallest absolute Gasteiger partial charge is 0.208 e. The molecule has 2 aliphatic heterocycles. The molecular formula is C23H24N4O3S5. The number of hydrogen-bond acceptors (Lipinski definition) is 6. The van der Waals surface area contributed by atoms with Crippen LogP contribution in [0.15, 0.2) is 53.0 Å². The highest BCUT2D eigenvalue weighted by Gasteiger charge is 2.39. The molecule has 2 aliphatic rings. The second kappa shape index (κ2) is 9.47. The summed E-state index contributed by atoms with van der Waals surface area (Å²) >= 11 is 8.56. The molecule has 7 nitrogen and oxygen atoms in total. The average molecular weight is 565 g/mol.